The number of benzene rings is 2. The maximum absolute atomic E-state index is 13.0. The predicted molar refractivity (Wildman–Crippen MR) is 115 cm³/mol. The lowest BCUT2D eigenvalue weighted by molar-refractivity contribution is -0.384. The van der Waals surface area contributed by atoms with Crippen molar-refractivity contribution in [3.63, 3.8) is 0 Å². The van der Waals surface area contributed by atoms with Crippen molar-refractivity contribution < 1.29 is 18.1 Å². The van der Waals surface area contributed by atoms with Gasteiger partial charge in [0.2, 0.25) is 0 Å². The highest BCUT2D eigenvalue weighted by Gasteiger charge is 2.30. The summed E-state index contributed by atoms with van der Waals surface area (Å²) in [5.41, 5.74) is 2.24. The number of nitrogens with zero attached hydrogens (tertiary/aromatic N) is 3. The van der Waals surface area contributed by atoms with E-state index in [9.17, 15) is 23.3 Å². The van der Waals surface area contributed by atoms with Gasteiger partial charge in [-0.15, -0.1) is 0 Å². The Morgan fingerprint density at radius 3 is 2.45 bits per heavy atom. The standard InChI is InChI=1S/C20H18F3N5O2S/c1-12-18(25-19(31)24-16-6-8-17(9-7-16)28(29)30)13(2)27(26-12)11-14-4-3-5-15(10-14)20(21,22)23/h3-10H,11H2,1-2H3,(H2,24,25,31). The molecule has 0 aliphatic heterocycles. The summed E-state index contributed by atoms with van der Waals surface area (Å²) in [7, 11) is 0. The fourth-order valence-corrected chi connectivity index (χ4v) is 3.21. The molecule has 3 aromatic rings. The van der Waals surface area contributed by atoms with Gasteiger partial charge in [-0.05, 0) is 55.9 Å². The highest BCUT2D eigenvalue weighted by Crippen LogP contribution is 2.30. The number of nitro benzene ring substituents is 1. The summed E-state index contributed by atoms with van der Waals surface area (Å²) < 4.78 is 40.5. The molecular formula is C20H18F3N5O2S. The van der Waals surface area contributed by atoms with Crippen LogP contribution in [0.2, 0.25) is 0 Å². The average molecular weight is 449 g/mol. The van der Waals surface area contributed by atoms with E-state index >= 15 is 0 Å². The van der Waals surface area contributed by atoms with E-state index in [1.54, 1.807) is 24.6 Å². The van der Waals surface area contributed by atoms with Crippen LogP contribution in [0.1, 0.15) is 22.5 Å². The number of thiocarbonyl (C=S) groups is 1. The summed E-state index contributed by atoms with van der Waals surface area (Å²) in [6, 6.07) is 10.9. The van der Waals surface area contributed by atoms with E-state index in [0.717, 1.165) is 12.1 Å². The summed E-state index contributed by atoms with van der Waals surface area (Å²) >= 11 is 5.30. The third-order valence-electron chi connectivity index (χ3n) is 4.54. The van der Waals surface area contributed by atoms with Gasteiger partial charge in [-0.25, -0.2) is 0 Å². The van der Waals surface area contributed by atoms with Crippen LogP contribution in [-0.2, 0) is 12.7 Å². The molecule has 162 valence electrons. The van der Waals surface area contributed by atoms with Crippen LogP contribution in [0.4, 0.5) is 30.2 Å². The number of non-ortho nitro benzene ring substituents is 1. The minimum absolute atomic E-state index is 0.0352. The maximum atomic E-state index is 13.0. The molecule has 2 aromatic carbocycles. The Bertz CT molecular complexity index is 1130. The Morgan fingerprint density at radius 2 is 1.84 bits per heavy atom. The SMILES string of the molecule is Cc1nn(Cc2cccc(C(F)(F)F)c2)c(C)c1NC(=S)Nc1ccc([N+](=O)[O-])cc1. The van der Waals surface area contributed by atoms with E-state index in [4.69, 9.17) is 12.2 Å². The first-order valence-electron chi connectivity index (χ1n) is 9.07. The van der Waals surface area contributed by atoms with Gasteiger partial charge in [-0.3, -0.25) is 14.8 Å². The molecule has 0 radical (unpaired) electrons. The molecule has 31 heavy (non-hydrogen) atoms. The zero-order chi connectivity index (χ0) is 22.8. The van der Waals surface area contributed by atoms with Crippen LogP contribution in [-0.4, -0.2) is 19.8 Å². The summed E-state index contributed by atoms with van der Waals surface area (Å²) in [5, 5.41) is 21.3. The monoisotopic (exact) mass is 449 g/mol. The van der Waals surface area contributed by atoms with Crippen molar-refractivity contribution in [3.05, 3.63) is 81.2 Å². The smallest absolute Gasteiger partial charge is 0.332 e. The third kappa shape index (κ3) is 5.37. The molecule has 0 fully saturated rings. The predicted octanol–water partition coefficient (Wildman–Crippen LogP) is 5.28. The second-order valence-electron chi connectivity index (χ2n) is 6.78. The molecule has 0 saturated carbocycles. The molecule has 11 heteroatoms. The van der Waals surface area contributed by atoms with E-state index in [0.29, 0.717) is 28.3 Å². The number of hydrogen-bond acceptors (Lipinski definition) is 4. The molecule has 0 aliphatic rings. The number of halogens is 3. The number of nitrogens with one attached hydrogen (secondary N) is 2. The fraction of sp³-hybridized carbons (Fsp3) is 0.200. The van der Waals surface area contributed by atoms with Crippen LogP contribution in [0.3, 0.4) is 0 Å². The molecule has 7 nitrogen and oxygen atoms in total. The molecule has 0 amide bonds. The molecule has 0 spiro atoms. The van der Waals surface area contributed by atoms with E-state index in [2.05, 4.69) is 15.7 Å². The van der Waals surface area contributed by atoms with Crippen molar-refractivity contribution in [1.29, 1.82) is 0 Å². The lowest BCUT2D eigenvalue weighted by Crippen LogP contribution is -2.20. The van der Waals surface area contributed by atoms with E-state index < -0.39 is 16.7 Å². The summed E-state index contributed by atoms with van der Waals surface area (Å²) in [6.07, 6.45) is -4.41. The van der Waals surface area contributed by atoms with Gasteiger partial charge in [0.15, 0.2) is 5.11 Å². The lowest BCUT2D eigenvalue weighted by Gasteiger charge is -2.12. The van der Waals surface area contributed by atoms with Crippen molar-refractivity contribution in [3.8, 4) is 0 Å². The maximum Gasteiger partial charge on any atom is 0.416 e. The van der Waals surface area contributed by atoms with Crippen molar-refractivity contribution in [2.24, 2.45) is 0 Å². The molecule has 0 atom stereocenters. The third-order valence-corrected chi connectivity index (χ3v) is 4.75. The topological polar surface area (TPSA) is 85.0 Å². The quantitative estimate of drug-likeness (QED) is 0.313. The molecule has 0 unspecified atom stereocenters. The van der Waals surface area contributed by atoms with Crippen molar-refractivity contribution in [2.45, 2.75) is 26.6 Å². The summed E-state index contributed by atoms with van der Waals surface area (Å²) in [5.74, 6) is 0. The van der Waals surface area contributed by atoms with Gasteiger partial charge >= 0.3 is 6.18 Å². The number of aryl methyl sites for hydroxylation is 1. The Kier molecular flexibility index (Phi) is 6.25. The molecule has 2 N–H and O–H groups in total. The van der Waals surface area contributed by atoms with Crippen LogP contribution in [0.5, 0.6) is 0 Å². The van der Waals surface area contributed by atoms with Gasteiger partial charge in [0.1, 0.15) is 0 Å². The second kappa shape index (κ2) is 8.72. The van der Waals surface area contributed by atoms with Crippen LogP contribution < -0.4 is 10.6 Å². The summed E-state index contributed by atoms with van der Waals surface area (Å²) in [4.78, 5) is 10.2. The number of anilines is 2. The largest absolute Gasteiger partial charge is 0.416 e. The van der Waals surface area contributed by atoms with Crippen molar-refractivity contribution in [2.75, 3.05) is 10.6 Å². The first-order chi connectivity index (χ1) is 14.5. The highest BCUT2D eigenvalue weighted by molar-refractivity contribution is 7.80. The van der Waals surface area contributed by atoms with Gasteiger partial charge in [-0.2, -0.15) is 18.3 Å². The molecule has 0 bridgehead atoms. The Labute approximate surface area is 181 Å². The van der Waals surface area contributed by atoms with Crippen LogP contribution >= 0.6 is 12.2 Å². The lowest BCUT2D eigenvalue weighted by atomic mass is 10.1. The Morgan fingerprint density at radius 1 is 1.16 bits per heavy atom. The molecule has 0 aliphatic carbocycles. The molecule has 0 saturated heterocycles. The fourth-order valence-electron chi connectivity index (χ4n) is 2.99. The normalized spacial score (nSPS) is 11.3. The number of alkyl halides is 3. The highest BCUT2D eigenvalue weighted by atomic mass is 32.1. The molecule has 1 aromatic heterocycles. The number of rotatable bonds is 5. The number of nitro groups is 1. The minimum Gasteiger partial charge on any atom is -0.332 e. The first kappa shape index (κ1) is 22.2. The zero-order valence-electron chi connectivity index (χ0n) is 16.5. The Balaban J connectivity index is 1.72. The van der Waals surface area contributed by atoms with Gasteiger partial charge in [0.25, 0.3) is 5.69 Å². The van der Waals surface area contributed by atoms with Crippen LogP contribution in [0, 0.1) is 24.0 Å². The van der Waals surface area contributed by atoms with Crippen LogP contribution in [0.15, 0.2) is 48.5 Å². The Hall–Kier alpha value is -3.47. The first-order valence-corrected chi connectivity index (χ1v) is 9.48. The molecule has 3 rings (SSSR count). The van der Waals surface area contributed by atoms with Gasteiger partial charge in [-0.1, -0.05) is 12.1 Å². The number of hydrogen-bond donors (Lipinski definition) is 2. The molecular weight excluding hydrogens is 431 g/mol. The van der Waals surface area contributed by atoms with Crippen molar-refractivity contribution in [1.82, 2.24) is 9.78 Å². The van der Waals surface area contributed by atoms with Gasteiger partial charge in [0.05, 0.1) is 34.1 Å². The van der Waals surface area contributed by atoms with Crippen molar-refractivity contribution >= 4 is 34.4 Å². The molecule has 1 heterocycles. The van der Waals surface area contributed by atoms with E-state index in [-0.39, 0.29) is 17.3 Å². The van der Waals surface area contributed by atoms with Gasteiger partial charge in [0, 0.05) is 17.8 Å². The minimum atomic E-state index is -4.41. The van der Waals surface area contributed by atoms with E-state index in [1.807, 2.05) is 0 Å². The number of aromatic nitrogens is 2. The average Bonchev–Trinajstić information content (AvgIpc) is 2.95. The van der Waals surface area contributed by atoms with E-state index in [1.165, 1.54) is 30.3 Å². The zero-order valence-corrected chi connectivity index (χ0v) is 17.3. The van der Waals surface area contributed by atoms with Gasteiger partial charge < -0.3 is 10.6 Å². The summed E-state index contributed by atoms with van der Waals surface area (Å²) in [6.45, 7) is 3.71. The second-order valence-corrected chi connectivity index (χ2v) is 7.19. The van der Waals surface area contributed by atoms with Crippen LogP contribution in [0.25, 0.3) is 0 Å².